The average molecular weight is 472 g/mol. The number of nitrogens with one attached hydrogen (secondary N) is 2. The monoisotopic (exact) mass is 471 g/mol. The molecule has 9 heteroatoms. The largest absolute Gasteiger partial charge is 0.396 e. The maximum absolute atomic E-state index is 14.2. The topological polar surface area (TPSA) is 71.8 Å². The first-order valence-electron chi connectivity index (χ1n) is 11.7. The van der Waals surface area contributed by atoms with Crippen LogP contribution in [0.5, 0.6) is 0 Å². The third-order valence-electron chi connectivity index (χ3n) is 7.46. The number of fused-ring (bicyclic) bond motifs is 1. The van der Waals surface area contributed by atoms with E-state index in [9.17, 15) is 18.0 Å². The molecule has 2 aromatic heterocycles. The van der Waals surface area contributed by atoms with Crippen molar-refractivity contribution in [1.29, 1.82) is 0 Å². The summed E-state index contributed by atoms with van der Waals surface area (Å²) < 4.78 is 44.5. The number of carbonyl (C=O) groups is 1. The summed E-state index contributed by atoms with van der Waals surface area (Å²) in [6.45, 7) is 3.30. The van der Waals surface area contributed by atoms with Gasteiger partial charge in [0.25, 0.3) is 0 Å². The Morgan fingerprint density at radius 1 is 1.15 bits per heavy atom. The lowest BCUT2D eigenvalue weighted by Gasteiger charge is -2.32. The van der Waals surface area contributed by atoms with E-state index < -0.39 is 17.6 Å². The number of amides is 1. The highest BCUT2D eigenvalue weighted by atomic mass is 19.4. The zero-order valence-electron chi connectivity index (χ0n) is 19.2. The lowest BCUT2D eigenvalue weighted by atomic mass is 9.89. The predicted molar refractivity (Wildman–Crippen MR) is 123 cm³/mol. The number of benzene rings is 1. The highest BCUT2D eigenvalue weighted by molar-refractivity contribution is 5.87. The third-order valence-corrected chi connectivity index (χ3v) is 7.46. The molecule has 3 heterocycles. The minimum Gasteiger partial charge on any atom is -0.347 e. The molecule has 180 valence electrons. The van der Waals surface area contributed by atoms with Crippen molar-refractivity contribution in [2.24, 2.45) is 18.4 Å². The van der Waals surface area contributed by atoms with E-state index in [1.54, 1.807) is 18.5 Å². The number of imidazole rings is 1. The molecule has 1 aliphatic carbocycles. The second-order valence-corrected chi connectivity index (χ2v) is 9.54. The Bertz CT molecular complexity index is 1230. The van der Waals surface area contributed by atoms with E-state index in [1.165, 1.54) is 0 Å². The fraction of sp³-hybridized carbons (Fsp3) is 0.480. The molecule has 1 saturated heterocycles. The number of piperidine rings is 1. The Kier molecular flexibility index (Phi) is 5.62. The second kappa shape index (κ2) is 8.37. The Labute approximate surface area is 196 Å². The van der Waals surface area contributed by atoms with Crippen molar-refractivity contribution >= 4 is 16.7 Å². The molecule has 2 fully saturated rings. The average Bonchev–Trinajstić information content (AvgIpc) is 3.58. The summed E-state index contributed by atoms with van der Waals surface area (Å²) in [7, 11) is 1.92. The zero-order chi connectivity index (χ0) is 24.1. The smallest absolute Gasteiger partial charge is 0.347 e. The van der Waals surface area contributed by atoms with Crippen molar-refractivity contribution in [2.75, 3.05) is 13.1 Å². The van der Waals surface area contributed by atoms with Crippen molar-refractivity contribution in [2.45, 2.75) is 44.8 Å². The minimum absolute atomic E-state index is 0.0122. The summed E-state index contributed by atoms with van der Waals surface area (Å²) in [6.07, 6.45) is 0.169. The molecule has 1 aliphatic heterocycles. The number of nitrogens with zero attached hydrogens (tertiary/aromatic N) is 3. The first kappa shape index (κ1) is 22.8. The Balaban J connectivity index is 1.53. The van der Waals surface area contributed by atoms with E-state index in [1.807, 2.05) is 36.7 Å². The van der Waals surface area contributed by atoms with E-state index in [4.69, 9.17) is 0 Å². The van der Waals surface area contributed by atoms with Gasteiger partial charge in [0.15, 0.2) is 0 Å². The minimum atomic E-state index is -4.43. The summed E-state index contributed by atoms with van der Waals surface area (Å²) in [6, 6.07) is 6.29. The van der Waals surface area contributed by atoms with Gasteiger partial charge in [0.2, 0.25) is 5.91 Å². The van der Waals surface area contributed by atoms with E-state index in [-0.39, 0.29) is 30.4 Å². The van der Waals surface area contributed by atoms with Gasteiger partial charge in [0.05, 0.1) is 29.0 Å². The van der Waals surface area contributed by atoms with Crippen LogP contribution >= 0.6 is 0 Å². The lowest BCUT2D eigenvalue weighted by Crippen LogP contribution is -2.45. The maximum atomic E-state index is 14.2. The molecular formula is C25H28F3N5O. The molecular weight excluding hydrogens is 443 g/mol. The van der Waals surface area contributed by atoms with Gasteiger partial charge in [-0.15, -0.1) is 0 Å². The van der Waals surface area contributed by atoms with Gasteiger partial charge in [-0.1, -0.05) is 12.1 Å². The molecule has 3 aromatic rings. The van der Waals surface area contributed by atoms with Gasteiger partial charge in [0.1, 0.15) is 5.82 Å². The number of pyridine rings is 1. The van der Waals surface area contributed by atoms with Crippen LogP contribution < -0.4 is 10.6 Å². The van der Waals surface area contributed by atoms with Gasteiger partial charge in [-0.3, -0.25) is 9.78 Å². The molecule has 1 atom stereocenters. The molecule has 1 saturated carbocycles. The van der Waals surface area contributed by atoms with Gasteiger partial charge in [-0.25, -0.2) is 4.98 Å². The molecule has 0 spiro atoms. The number of aryl methyl sites for hydroxylation is 1. The molecule has 2 aliphatic rings. The summed E-state index contributed by atoms with van der Waals surface area (Å²) in [5.74, 6) is 0.267. The van der Waals surface area contributed by atoms with Gasteiger partial charge < -0.3 is 15.2 Å². The van der Waals surface area contributed by atoms with Crippen LogP contribution in [0, 0.1) is 18.3 Å². The lowest BCUT2D eigenvalue weighted by molar-refractivity contribution is -0.197. The molecule has 0 radical (unpaired) electrons. The van der Waals surface area contributed by atoms with Crippen molar-refractivity contribution in [3.05, 3.63) is 48.2 Å². The molecule has 5 rings (SSSR count). The Morgan fingerprint density at radius 3 is 2.50 bits per heavy atom. The Morgan fingerprint density at radius 2 is 1.88 bits per heavy atom. The quantitative estimate of drug-likeness (QED) is 0.577. The SMILES string of the molecule is Cc1ncc(-c2ccc3cnc(C(NC(=O)C4CCNCC4)C4(C(F)(F)F)CC4)cc3c2)n1C. The van der Waals surface area contributed by atoms with E-state index in [0.29, 0.717) is 25.9 Å². The summed E-state index contributed by atoms with van der Waals surface area (Å²) in [5.41, 5.74) is 0.123. The fourth-order valence-electron chi connectivity index (χ4n) is 4.96. The molecule has 1 amide bonds. The first-order valence-corrected chi connectivity index (χ1v) is 11.7. The number of rotatable bonds is 5. The number of hydrogen-bond acceptors (Lipinski definition) is 4. The van der Waals surface area contributed by atoms with Crippen LogP contribution in [-0.2, 0) is 11.8 Å². The standard InChI is InChI=1S/C25H28F3N5O/c1-15-30-14-21(33(15)2)17-3-4-18-13-31-20(12-19(18)11-17)22(24(7-8-24)25(26,27)28)32-23(34)16-5-9-29-10-6-16/h3-4,11-14,16,22,29H,5-10H2,1-2H3,(H,32,34). The molecule has 1 unspecified atom stereocenters. The predicted octanol–water partition coefficient (Wildman–Crippen LogP) is 4.44. The third kappa shape index (κ3) is 3.96. The molecule has 6 nitrogen and oxygen atoms in total. The van der Waals surface area contributed by atoms with Crippen molar-refractivity contribution in [3.63, 3.8) is 0 Å². The summed E-state index contributed by atoms with van der Waals surface area (Å²) >= 11 is 0. The van der Waals surface area contributed by atoms with E-state index in [2.05, 4.69) is 20.6 Å². The maximum Gasteiger partial charge on any atom is 0.396 e. The van der Waals surface area contributed by atoms with Crippen LogP contribution in [0.3, 0.4) is 0 Å². The number of alkyl halides is 3. The second-order valence-electron chi connectivity index (χ2n) is 9.54. The number of carbonyl (C=O) groups excluding carboxylic acids is 1. The van der Waals surface area contributed by atoms with Crippen LogP contribution in [0.25, 0.3) is 22.0 Å². The van der Waals surface area contributed by atoms with Gasteiger partial charge in [-0.2, -0.15) is 13.2 Å². The van der Waals surface area contributed by atoms with E-state index >= 15 is 0 Å². The molecule has 0 bridgehead atoms. The van der Waals surface area contributed by atoms with Crippen LogP contribution in [0.2, 0.25) is 0 Å². The van der Waals surface area contributed by atoms with Crippen molar-refractivity contribution < 1.29 is 18.0 Å². The zero-order valence-corrected chi connectivity index (χ0v) is 19.2. The summed E-state index contributed by atoms with van der Waals surface area (Å²) in [4.78, 5) is 21.7. The van der Waals surface area contributed by atoms with Crippen molar-refractivity contribution in [3.8, 4) is 11.3 Å². The van der Waals surface area contributed by atoms with E-state index in [0.717, 1.165) is 27.9 Å². The van der Waals surface area contributed by atoms with Crippen molar-refractivity contribution in [1.82, 2.24) is 25.2 Å². The van der Waals surface area contributed by atoms with Gasteiger partial charge in [0, 0.05) is 30.1 Å². The number of hydrogen-bond donors (Lipinski definition) is 2. The van der Waals surface area contributed by atoms with Gasteiger partial charge >= 0.3 is 6.18 Å². The normalized spacial score (nSPS) is 19.2. The van der Waals surface area contributed by atoms with Crippen LogP contribution in [-0.4, -0.2) is 39.7 Å². The molecule has 1 aromatic carbocycles. The van der Waals surface area contributed by atoms with Crippen LogP contribution in [0.1, 0.15) is 43.2 Å². The highest BCUT2D eigenvalue weighted by Crippen LogP contribution is 2.64. The molecule has 34 heavy (non-hydrogen) atoms. The molecule has 2 N–H and O–H groups in total. The Hall–Kier alpha value is -2.94. The number of aromatic nitrogens is 3. The van der Waals surface area contributed by atoms with Crippen LogP contribution in [0.15, 0.2) is 36.7 Å². The summed E-state index contributed by atoms with van der Waals surface area (Å²) in [5, 5.41) is 7.56. The van der Waals surface area contributed by atoms with Gasteiger partial charge in [-0.05, 0) is 63.2 Å². The highest BCUT2D eigenvalue weighted by Gasteiger charge is 2.68. The first-order chi connectivity index (χ1) is 16.2. The fourth-order valence-corrected chi connectivity index (χ4v) is 4.96. The van der Waals surface area contributed by atoms with Crippen LogP contribution in [0.4, 0.5) is 13.2 Å². The number of halogens is 3.